The lowest BCUT2D eigenvalue weighted by Gasteiger charge is -2.32. The summed E-state index contributed by atoms with van der Waals surface area (Å²) in [5, 5.41) is 0. The van der Waals surface area contributed by atoms with Crippen LogP contribution >= 0.6 is 0 Å². The van der Waals surface area contributed by atoms with Crippen LogP contribution in [0.3, 0.4) is 0 Å². The van der Waals surface area contributed by atoms with Crippen LogP contribution in [-0.4, -0.2) is 55.3 Å². The maximum atomic E-state index is 4.32. The number of nitrogens with zero attached hydrogens (tertiary/aromatic N) is 3. The number of piperazine rings is 1. The molecule has 0 bridgehead atoms. The zero-order valence-electron chi connectivity index (χ0n) is 9.16. The van der Waals surface area contributed by atoms with E-state index in [0.29, 0.717) is 0 Å². The van der Waals surface area contributed by atoms with Crippen molar-refractivity contribution in [3.8, 4) is 0 Å². The molecular formula is C11H19N3. The molecule has 0 N–H and O–H groups in total. The SMILES string of the molecule is CC1=NC=C(CN2CCN(C)CC2)C1. The van der Waals surface area contributed by atoms with E-state index in [4.69, 9.17) is 0 Å². The highest BCUT2D eigenvalue weighted by Crippen LogP contribution is 2.13. The van der Waals surface area contributed by atoms with E-state index in [1.807, 2.05) is 6.20 Å². The third-order valence-electron chi connectivity index (χ3n) is 2.97. The molecule has 0 saturated carbocycles. The van der Waals surface area contributed by atoms with Gasteiger partial charge in [0.25, 0.3) is 0 Å². The third-order valence-corrected chi connectivity index (χ3v) is 2.97. The van der Waals surface area contributed by atoms with Crippen LogP contribution in [0.1, 0.15) is 13.3 Å². The van der Waals surface area contributed by atoms with Crippen molar-refractivity contribution in [1.82, 2.24) is 9.80 Å². The lowest BCUT2D eigenvalue weighted by atomic mass is 10.1. The van der Waals surface area contributed by atoms with Crippen molar-refractivity contribution >= 4 is 5.71 Å². The van der Waals surface area contributed by atoms with Gasteiger partial charge < -0.3 is 4.90 Å². The Balaban J connectivity index is 1.77. The lowest BCUT2D eigenvalue weighted by Crippen LogP contribution is -2.45. The van der Waals surface area contributed by atoms with E-state index in [9.17, 15) is 0 Å². The zero-order chi connectivity index (χ0) is 9.97. The van der Waals surface area contributed by atoms with Crippen molar-refractivity contribution < 1.29 is 0 Å². The van der Waals surface area contributed by atoms with E-state index in [1.54, 1.807) is 0 Å². The topological polar surface area (TPSA) is 18.8 Å². The predicted molar refractivity (Wildman–Crippen MR) is 59.7 cm³/mol. The molecule has 78 valence electrons. The minimum Gasteiger partial charge on any atom is -0.304 e. The third kappa shape index (κ3) is 2.42. The van der Waals surface area contributed by atoms with Crippen LogP contribution in [0.25, 0.3) is 0 Å². The molecule has 0 aromatic heterocycles. The predicted octanol–water partition coefficient (Wildman–Crippen LogP) is 0.982. The Bertz CT molecular complexity index is 260. The summed E-state index contributed by atoms with van der Waals surface area (Å²) in [6.07, 6.45) is 3.14. The largest absolute Gasteiger partial charge is 0.304 e. The molecule has 3 heteroatoms. The molecule has 3 nitrogen and oxygen atoms in total. The molecule has 0 unspecified atom stereocenters. The molecule has 14 heavy (non-hydrogen) atoms. The molecule has 2 aliphatic rings. The summed E-state index contributed by atoms with van der Waals surface area (Å²) in [5.74, 6) is 0. The fourth-order valence-corrected chi connectivity index (χ4v) is 2.01. The molecule has 0 amide bonds. The zero-order valence-corrected chi connectivity index (χ0v) is 9.16. The van der Waals surface area contributed by atoms with E-state index in [1.165, 1.54) is 37.5 Å². The average molecular weight is 193 g/mol. The van der Waals surface area contributed by atoms with Crippen LogP contribution in [0.15, 0.2) is 16.8 Å². The molecule has 0 atom stereocenters. The van der Waals surface area contributed by atoms with Crippen LogP contribution in [0, 0.1) is 0 Å². The monoisotopic (exact) mass is 193 g/mol. The second-order valence-corrected chi connectivity index (χ2v) is 4.41. The van der Waals surface area contributed by atoms with Gasteiger partial charge in [0.05, 0.1) is 0 Å². The normalized spacial score (nSPS) is 25.0. The number of aliphatic imine (C=N–C) groups is 1. The fraction of sp³-hybridized carbons (Fsp3) is 0.727. The van der Waals surface area contributed by atoms with Crippen molar-refractivity contribution in [1.29, 1.82) is 0 Å². The summed E-state index contributed by atoms with van der Waals surface area (Å²) in [7, 11) is 2.19. The number of hydrogen-bond acceptors (Lipinski definition) is 3. The number of hydrogen-bond donors (Lipinski definition) is 0. The Morgan fingerprint density at radius 2 is 2.00 bits per heavy atom. The Morgan fingerprint density at radius 1 is 1.29 bits per heavy atom. The molecule has 1 saturated heterocycles. The standard InChI is InChI=1S/C11H19N3/c1-10-7-11(8-12-10)9-14-5-3-13(2)4-6-14/h8H,3-7,9H2,1-2H3. The van der Waals surface area contributed by atoms with Gasteiger partial charge in [-0.2, -0.15) is 0 Å². The highest BCUT2D eigenvalue weighted by molar-refractivity contribution is 5.86. The highest BCUT2D eigenvalue weighted by Gasteiger charge is 2.16. The summed E-state index contributed by atoms with van der Waals surface area (Å²) in [4.78, 5) is 9.23. The molecule has 0 aromatic rings. The quantitative estimate of drug-likeness (QED) is 0.651. The van der Waals surface area contributed by atoms with Gasteiger partial charge in [-0.1, -0.05) is 0 Å². The van der Waals surface area contributed by atoms with Gasteiger partial charge in [-0.15, -0.1) is 0 Å². The second-order valence-electron chi connectivity index (χ2n) is 4.41. The van der Waals surface area contributed by atoms with E-state index >= 15 is 0 Å². The summed E-state index contributed by atoms with van der Waals surface area (Å²) in [6, 6.07) is 0. The fourth-order valence-electron chi connectivity index (χ4n) is 2.01. The minimum atomic E-state index is 1.09. The molecule has 2 rings (SSSR count). The number of rotatable bonds is 2. The van der Waals surface area contributed by atoms with Crippen molar-refractivity contribution in [2.45, 2.75) is 13.3 Å². The van der Waals surface area contributed by atoms with Gasteiger partial charge in [0.1, 0.15) is 0 Å². The van der Waals surface area contributed by atoms with Crippen LogP contribution in [0.4, 0.5) is 0 Å². The molecule has 2 aliphatic heterocycles. The molecule has 0 aromatic carbocycles. The van der Waals surface area contributed by atoms with Crippen LogP contribution in [-0.2, 0) is 0 Å². The Hall–Kier alpha value is -0.670. The first kappa shape index (κ1) is 9.87. The van der Waals surface area contributed by atoms with Gasteiger partial charge in [0, 0.05) is 51.1 Å². The maximum absolute atomic E-state index is 4.32. The first-order valence-corrected chi connectivity index (χ1v) is 5.36. The Morgan fingerprint density at radius 3 is 2.57 bits per heavy atom. The van der Waals surface area contributed by atoms with Crippen molar-refractivity contribution in [3.63, 3.8) is 0 Å². The molecular weight excluding hydrogens is 174 g/mol. The molecule has 2 heterocycles. The molecule has 0 aliphatic carbocycles. The summed E-state index contributed by atoms with van der Waals surface area (Å²) in [5.41, 5.74) is 2.74. The first-order chi connectivity index (χ1) is 6.74. The summed E-state index contributed by atoms with van der Waals surface area (Å²) in [6.45, 7) is 8.03. The maximum Gasteiger partial charge on any atom is 0.0275 e. The summed E-state index contributed by atoms with van der Waals surface area (Å²) >= 11 is 0. The van der Waals surface area contributed by atoms with E-state index in [0.717, 1.165) is 13.0 Å². The first-order valence-electron chi connectivity index (χ1n) is 5.36. The second kappa shape index (κ2) is 4.24. The van der Waals surface area contributed by atoms with Crippen LogP contribution < -0.4 is 0 Å². The van der Waals surface area contributed by atoms with E-state index in [-0.39, 0.29) is 0 Å². The highest BCUT2D eigenvalue weighted by atomic mass is 15.2. The lowest BCUT2D eigenvalue weighted by molar-refractivity contribution is 0.163. The van der Waals surface area contributed by atoms with Gasteiger partial charge in [0.15, 0.2) is 0 Å². The van der Waals surface area contributed by atoms with Crippen molar-refractivity contribution in [3.05, 3.63) is 11.8 Å². The van der Waals surface area contributed by atoms with E-state index < -0.39 is 0 Å². The minimum absolute atomic E-state index is 1.09. The molecule has 0 radical (unpaired) electrons. The van der Waals surface area contributed by atoms with Gasteiger partial charge in [-0.05, 0) is 19.5 Å². The average Bonchev–Trinajstić information content (AvgIpc) is 2.56. The molecule has 1 fully saturated rings. The Kier molecular flexibility index (Phi) is 2.99. The van der Waals surface area contributed by atoms with Gasteiger partial charge >= 0.3 is 0 Å². The van der Waals surface area contributed by atoms with Crippen LogP contribution in [0.2, 0.25) is 0 Å². The van der Waals surface area contributed by atoms with Crippen molar-refractivity contribution in [2.24, 2.45) is 4.99 Å². The molecule has 0 spiro atoms. The van der Waals surface area contributed by atoms with Gasteiger partial charge in [0.2, 0.25) is 0 Å². The van der Waals surface area contributed by atoms with Gasteiger partial charge in [-0.25, -0.2) is 0 Å². The smallest absolute Gasteiger partial charge is 0.0275 e. The van der Waals surface area contributed by atoms with Crippen LogP contribution in [0.5, 0.6) is 0 Å². The van der Waals surface area contributed by atoms with Crippen molar-refractivity contribution in [2.75, 3.05) is 39.8 Å². The van der Waals surface area contributed by atoms with E-state index in [2.05, 4.69) is 28.8 Å². The Labute approximate surface area is 86.1 Å². The summed E-state index contributed by atoms with van der Waals surface area (Å²) < 4.78 is 0. The number of likely N-dealkylation sites (N-methyl/N-ethyl adjacent to an activating group) is 1. The van der Waals surface area contributed by atoms with Gasteiger partial charge in [-0.3, -0.25) is 9.89 Å².